The van der Waals surface area contributed by atoms with Gasteiger partial charge in [0.2, 0.25) is 0 Å². The number of allylic oxidation sites excluding steroid dienone is 9. The summed E-state index contributed by atoms with van der Waals surface area (Å²) in [6.45, 7) is 16.6. The molecule has 0 fully saturated rings. The first-order valence-corrected chi connectivity index (χ1v) is 13.8. The van der Waals surface area contributed by atoms with E-state index < -0.39 is 12.1 Å². The number of rotatable bonds is 16. The van der Waals surface area contributed by atoms with Gasteiger partial charge in [0.1, 0.15) is 0 Å². The van der Waals surface area contributed by atoms with Crippen molar-refractivity contribution in [1.29, 1.82) is 0 Å². The second-order valence-corrected chi connectivity index (χ2v) is 9.77. The lowest BCUT2D eigenvalue weighted by Crippen LogP contribution is -2.36. The Morgan fingerprint density at radius 3 is 2.39 bits per heavy atom. The molecule has 3 unspecified atom stereocenters. The molecule has 0 saturated heterocycles. The molecule has 38 heavy (non-hydrogen) atoms. The van der Waals surface area contributed by atoms with Crippen LogP contribution in [0, 0.1) is 11.8 Å². The molecule has 0 aromatic carbocycles. The first-order valence-electron chi connectivity index (χ1n) is 13.8. The molecule has 0 bridgehead atoms. The van der Waals surface area contributed by atoms with Gasteiger partial charge in [0.25, 0.3) is 5.91 Å². The lowest BCUT2D eigenvalue weighted by atomic mass is 9.84. The molecule has 0 spiro atoms. The molecule has 1 amide bonds. The Bertz CT molecular complexity index is 981. The number of carbonyl (C=O) groups excluding carboxylic acids is 1. The number of hydrogen-bond acceptors (Lipinski definition) is 4. The SMILES string of the molecule is C=C/C(=C\C=C/C)NC(=O)C1=C(C(C)C)N(CCC(O)CCCC(=O)O)C(/C=C/CC)C1C(/C=C\C)=C/C. The van der Waals surface area contributed by atoms with Gasteiger partial charge in [-0.3, -0.25) is 9.59 Å². The zero-order chi connectivity index (χ0) is 28.7. The maximum Gasteiger partial charge on any atom is 0.303 e. The van der Waals surface area contributed by atoms with Crippen LogP contribution in [0.25, 0.3) is 0 Å². The third-order valence-corrected chi connectivity index (χ3v) is 6.59. The number of aliphatic carboxylic acids is 1. The highest BCUT2D eigenvalue weighted by molar-refractivity contribution is 5.97. The number of nitrogens with zero attached hydrogens (tertiary/aromatic N) is 1. The minimum atomic E-state index is -0.852. The molecule has 0 aromatic heterocycles. The second-order valence-electron chi connectivity index (χ2n) is 9.77. The van der Waals surface area contributed by atoms with E-state index in [1.807, 2.05) is 45.1 Å². The van der Waals surface area contributed by atoms with Crippen molar-refractivity contribution in [3.63, 3.8) is 0 Å². The van der Waals surface area contributed by atoms with E-state index in [4.69, 9.17) is 5.11 Å². The maximum absolute atomic E-state index is 13.9. The van der Waals surface area contributed by atoms with Gasteiger partial charge in [-0.15, -0.1) is 0 Å². The van der Waals surface area contributed by atoms with Crippen LogP contribution in [0.15, 0.2) is 83.8 Å². The highest BCUT2D eigenvalue weighted by Gasteiger charge is 2.44. The van der Waals surface area contributed by atoms with Gasteiger partial charge in [0.15, 0.2) is 0 Å². The number of carbonyl (C=O) groups is 2. The molecule has 3 atom stereocenters. The summed E-state index contributed by atoms with van der Waals surface area (Å²) in [6.07, 6.45) is 19.3. The van der Waals surface area contributed by atoms with Crippen LogP contribution in [0.3, 0.4) is 0 Å². The third kappa shape index (κ3) is 9.64. The fourth-order valence-electron chi connectivity index (χ4n) is 4.90. The van der Waals surface area contributed by atoms with Crippen molar-refractivity contribution in [2.75, 3.05) is 6.54 Å². The van der Waals surface area contributed by atoms with Crippen LogP contribution >= 0.6 is 0 Å². The zero-order valence-electron chi connectivity index (χ0n) is 24.1. The fraction of sp³-hybridized carbons (Fsp3) is 0.500. The van der Waals surface area contributed by atoms with Crippen LogP contribution in [0.1, 0.15) is 73.6 Å². The number of hydrogen-bond donors (Lipinski definition) is 3. The standard InChI is InChI=1S/C32H48N2O4/c1-8-13-17-25(12-5)33-32(38)30-29(24(11-4)16-10-3)27(19-14-9-2)34(31(30)23(6)7)22-21-26(35)18-15-20-28(36)37/h8,10-14,16-17,19,23,26-27,29,35H,5,9,15,18,20-22H2,1-4,6-7H3,(H,33,38)(H,36,37)/b13-8-,16-10-,19-14+,24-11+,25-17+. The first-order chi connectivity index (χ1) is 18.2. The van der Waals surface area contributed by atoms with Gasteiger partial charge >= 0.3 is 5.97 Å². The number of carboxylic acids is 1. The molecular formula is C32H48N2O4. The monoisotopic (exact) mass is 524 g/mol. The van der Waals surface area contributed by atoms with E-state index in [2.05, 4.69) is 61.9 Å². The molecule has 0 aromatic rings. The molecule has 3 N–H and O–H groups in total. The number of aliphatic hydroxyl groups excluding tert-OH is 1. The van der Waals surface area contributed by atoms with Crippen molar-refractivity contribution in [2.45, 2.75) is 85.8 Å². The summed E-state index contributed by atoms with van der Waals surface area (Å²) in [6, 6.07) is -0.0894. The Morgan fingerprint density at radius 1 is 1.16 bits per heavy atom. The minimum absolute atomic E-state index is 0.0482. The van der Waals surface area contributed by atoms with Crippen LogP contribution in [0.5, 0.6) is 0 Å². The van der Waals surface area contributed by atoms with Crippen LogP contribution in [0.2, 0.25) is 0 Å². The highest BCUT2D eigenvalue weighted by atomic mass is 16.4. The van der Waals surface area contributed by atoms with Gasteiger partial charge in [-0.25, -0.2) is 0 Å². The topological polar surface area (TPSA) is 89.9 Å². The quantitative estimate of drug-likeness (QED) is 0.159. The summed E-state index contributed by atoms with van der Waals surface area (Å²) in [5.41, 5.74) is 3.38. The molecule has 6 nitrogen and oxygen atoms in total. The summed E-state index contributed by atoms with van der Waals surface area (Å²) < 4.78 is 0. The Hall–Kier alpha value is -3.12. The van der Waals surface area contributed by atoms with Gasteiger partial charge in [0, 0.05) is 35.9 Å². The predicted molar refractivity (Wildman–Crippen MR) is 157 cm³/mol. The molecule has 6 heteroatoms. The molecule has 1 rings (SSSR count). The van der Waals surface area contributed by atoms with Crippen molar-refractivity contribution in [3.8, 4) is 0 Å². The Balaban J connectivity index is 3.61. The lowest BCUT2D eigenvalue weighted by Gasteiger charge is -2.33. The van der Waals surface area contributed by atoms with Crippen LogP contribution in [-0.2, 0) is 9.59 Å². The predicted octanol–water partition coefficient (Wildman–Crippen LogP) is 6.45. The van der Waals surface area contributed by atoms with E-state index in [0.717, 1.165) is 23.3 Å². The number of carboxylic acid groups (broad SMARTS) is 1. The van der Waals surface area contributed by atoms with Crippen molar-refractivity contribution in [1.82, 2.24) is 10.2 Å². The Labute approximate surface area is 229 Å². The van der Waals surface area contributed by atoms with Crippen molar-refractivity contribution < 1.29 is 19.8 Å². The maximum atomic E-state index is 13.9. The van der Waals surface area contributed by atoms with Crippen LogP contribution < -0.4 is 5.32 Å². The van der Waals surface area contributed by atoms with Crippen molar-refractivity contribution in [3.05, 3.63) is 83.8 Å². The average molecular weight is 525 g/mol. The summed E-state index contributed by atoms with van der Waals surface area (Å²) in [5, 5.41) is 22.6. The largest absolute Gasteiger partial charge is 0.481 e. The molecule has 0 aliphatic carbocycles. The van der Waals surface area contributed by atoms with Crippen molar-refractivity contribution in [2.24, 2.45) is 11.8 Å². The molecule has 0 radical (unpaired) electrons. The van der Waals surface area contributed by atoms with Crippen molar-refractivity contribution >= 4 is 11.9 Å². The third-order valence-electron chi connectivity index (χ3n) is 6.59. The molecule has 1 aliphatic heterocycles. The fourth-order valence-corrected chi connectivity index (χ4v) is 4.90. The minimum Gasteiger partial charge on any atom is -0.481 e. The molecule has 0 saturated carbocycles. The summed E-state index contributed by atoms with van der Waals surface area (Å²) in [4.78, 5) is 27.1. The van der Waals surface area contributed by atoms with Gasteiger partial charge in [-0.05, 0) is 70.1 Å². The van der Waals surface area contributed by atoms with E-state index in [-0.39, 0.29) is 30.2 Å². The lowest BCUT2D eigenvalue weighted by molar-refractivity contribution is -0.137. The average Bonchev–Trinajstić information content (AvgIpc) is 3.20. The molecule has 210 valence electrons. The van der Waals surface area contributed by atoms with Gasteiger partial charge in [-0.2, -0.15) is 0 Å². The number of aliphatic hydroxyl groups is 1. The molecule has 1 heterocycles. The van der Waals surface area contributed by atoms with E-state index in [0.29, 0.717) is 31.5 Å². The van der Waals surface area contributed by atoms with Crippen LogP contribution in [0.4, 0.5) is 0 Å². The first kappa shape index (κ1) is 32.9. The smallest absolute Gasteiger partial charge is 0.303 e. The summed E-state index contributed by atoms with van der Waals surface area (Å²) in [7, 11) is 0. The molecule has 1 aliphatic rings. The van der Waals surface area contributed by atoms with Gasteiger partial charge in [0.05, 0.1) is 12.1 Å². The second kappa shape index (κ2) is 17.4. The van der Waals surface area contributed by atoms with E-state index in [1.54, 1.807) is 6.08 Å². The van der Waals surface area contributed by atoms with E-state index in [1.165, 1.54) is 0 Å². The van der Waals surface area contributed by atoms with Gasteiger partial charge < -0.3 is 20.4 Å². The van der Waals surface area contributed by atoms with E-state index >= 15 is 0 Å². The normalized spacial score (nSPS) is 19.9. The Morgan fingerprint density at radius 2 is 1.87 bits per heavy atom. The number of amides is 1. The summed E-state index contributed by atoms with van der Waals surface area (Å²) >= 11 is 0. The van der Waals surface area contributed by atoms with E-state index in [9.17, 15) is 14.7 Å². The zero-order valence-corrected chi connectivity index (χ0v) is 24.1. The Kier molecular flexibility index (Phi) is 15.1. The summed E-state index contributed by atoms with van der Waals surface area (Å²) in [5.74, 6) is -1.13. The van der Waals surface area contributed by atoms with Crippen LogP contribution in [-0.4, -0.2) is 45.7 Å². The van der Waals surface area contributed by atoms with Gasteiger partial charge in [-0.1, -0.05) is 69.9 Å². The molecular weight excluding hydrogens is 476 g/mol. The number of nitrogens with one attached hydrogen (secondary N) is 1. The highest BCUT2D eigenvalue weighted by Crippen LogP contribution is 2.43.